The van der Waals surface area contributed by atoms with Crippen LogP contribution in [-0.4, -0.2) is 24.0 Å². The van der Waals surface area contributed by atoms with Gasteiger partial charge in [-0.25, -0.2) is 15.2 Å². The first-order chi connectivity index (χ1) is 9.19. The van der Waals surface area contributed by atoms with Crippen LogP contribution in [0.1, 0.15) is 5.01 Å². The van der Waals surface area contributed by atoms with Crippen molar-refractivity contribution in [2.24, 2.45) is 0 Å². The summed E-state index contributed by atoms with van der Waals surface area (Å²) in [4.78, 5) is 26.6. The molecule has 1 heterocycles. The third kappa shape index (κ3) is 3.52. The van der Waals surface area contributed by atoms with Crippen molar-refractivity contribution in [3.05, 3.63) is 35.3 Å². The van der Waals surface area contributed by atoms with Crippen LogP contribution in [0.5, 0.6) is 0 Å². The van der Waals surface area contributed by atoms with Crippen LogP contribution in [0.4, 0.5) is 4.79 Å². The second-order valence-corrected chi connectivity index (χ2v) is 4.61. The SMILES string of the molecule is CNC(=O)NNC(=O)C=Cc1nc2ccccc2s1. The van der Waals surface area contributed by atoms with E-state index in [1.54, 1.807) is 6.08 Å². The lowest BCUT2D eigenvalue weighted by atomic mass is 10.3. The van der Waals surface area contributed by atoms with E-state index in [0.29, 0.717) is 0 Å². The number of nitrogens with zero attached hydrogens (tertiary/aromatic N) is 1. The standard InChI is InChI=1S/C12H12N4O2S/c1-13-12(18)16-15-10(17)6-7-11-14-8-4-2-3-5-9(8)19-11/h2-7H,1H3,(H,15,17)(H2,13,16,18). The van der Waals surface area contributed by atoms with Gasteiger partial charge in [0.15, 0.2) is 0 Å². The maximum Gasteiger partial charge on any atom is 0.333 e. The largest absolute Gasteiger partial charge is 0.340 e. The summed E-state index contributed by atoms with van der Waals surface area (Å²) in [6.07, 6.45) is 2.92. The number of hydrogen-bond acceptors (Lipinski definition) is 4. The molecule has 0 aliphatic rings. The Hall–Kier alpha value is -2.41. The minimum absolute atomic E-state index is 0.428. The molecule has 1 aromatic carbocycles. The lowest BCUT2D eigenvalue weighted by molar-refractivity contribution is -0.117. The second-order valence-electron chi connectivity index (χ2n) is 3.55. The molecule has 0 bridgehead atoms. The fraction of sp³-hybridized carbons (Fsp3) is 0.0833. The molecule has 0 saturated heterocycles. The third-order valence-electron chi connectivity index (χ3n) is 2.21. The highest BCUT2D eigenvalue weighted by atomic mass is 32.1. The molecule has 0 radical (unpaired) electrons. The number of urea groups is 1. The maximum atomic E-state index is 11.4. The Labute approximate surface area is 113 Å². The Bertz CT molecular complexity index is 602. The highest BCUT2D eigenvalue weighted by Crippen LogP contribution is 2.22. The Balaban J connectivity index is 1.98. The van der Waals surface area contributed by atoms with E-state index in [-0.39, 0.29) is 0 Å². The van der Waals surface area contributed by atoms with Crippen LogP contribution >= 0.6 is 11.3 Å². The van der Waals surface area contributed by atoms with Gasteiger partial charge in [0.2, 0.25) is 0 Å². The molecule has 0 spiro atoms. The highest BCUT2D eigenvalue weighted by molar-refractivity contribution is 7.19. The van der Waals surface area contributed by atoms with Gasteiger partial charge in [0.25, 0.3) is 5.91 Å². The molecule has 0 unspecified atom stereocenters. The fourth-order valence-electron chi connectivity index (χ4n) is 1.33. The summed E-state index contributed by atoms with van der Waals surface area (Å²) < 4.78 is 1.06. The summed E-state index contributed by atoms with van der Waals surface area (Å²) in [7, 11) is 1.46. The smallest absolute Gasteiger partial charge is 0.333 e. The molecule has 0 aliphatic heterocycles. The van der Waals surface area contributed by atoms with Gasteiger partial charge in [0, 0.05) is 13.1 Å². The molecule has 3 N–H and O–H groups in total. The Morgan fingerprint density at radius 2 is 2.05 bits per heavy atom. The van der Waals surface area contributed by atoms with Gasteiger partial charge in [-0.1, -0.05) is 12.1 Å². The predicted molar refractivity (Wildman–Crippen MR) is 74.4 cm³/mol. The zero-order valence-electron chi connectivity index (χ0n) is 10.1. The Kier molecular flexibility index (Phi) is 4.09. The Morgan fingerprint density at radius 1 is 1.26 bits per heavy atom. The molecule has 98 valence electrons. The minimum atomic E-state index is -0.485. The van der Waals surface area contributed by atoms with Gasteiger partial charge >= 0.3 is 6.03 Å². The summed E-state index contributed by atoms with van der Waals surface area (Å²) >= 11 is 1.49. The molecule has 0 fully saturated rings. The lowest BCUT2D eigenvalue weighted by Crippen LogP contribution is -2.45. The summed E-state index contributed by atoms with van der Waals surface area (Å²) in [5.41, 5.74) is 5.30. The molecule has 0 atom stereocenters. The van der Waals surface area contributed by atoms with Crippen LogP contribution in [0.3, 0.4) is 0 Å². The average Bonchev–Trinajstić information content (AvgIpc) is 2.85. The zero-order chi connectivity index (χ0) is 13.7. The second kappa shape index (κ2) is 5.96. The number of rotatable bonds is 2. The van der Waals surface area contributed by atoms with Crippen LogP contribution in [0, 0.1) is 0 Å². The van der Waals surface area contributed by atoms with Crippen molar-refractivity contribution in [2.75, 3.05) is 7.05 Å². The van der Waals surface area contributed by atoms with Crippen molar-refractivity contribution in [1.29, 1.82) is 0 Å². The molecule has 6 nitrogen and oxygen atoms in total. The van der Waals surface area contributed by atoms with Gasteiger partial charge in [-0.05, 0) is 18.2 Å². The molecule has 2 rings (SSSR count). The number of nitrogens with one attached hydrogen (secondary N) is 3. The molecular weight excluding hydrogens is 264 g/mol. The van der Waals surface area contributed by atoms with Crippen molar-refractivity contribution in [2.45, 2.75) is 0 Å². The minimum Gasteiger partial charge on any atom is -0.340 e. The van der Waals surface area contributed by atoms with Crippen molar-refractivity contribution >= 4 is 39.6 Å². The molecule has 7 heteroatoms. The summed E-state index contributed by atoms with van der Waals surface area (Å²) in [6.45, 7) is 0. The number of thiazole rings is 1. The van der Waals surface area contributed by atoms with Gasteiger partial charge < -0.3 is 5.32 Å². The number of carbonyl (C=O) groups excluding carboxylic acids is 2. The van der Waals surface area contributed by atoms with E-state index >= 15 is 0 Å². The van der Waals surface area contributed by atoms with E-state index in [9.17, 15) is 9.59 Å². The summed E-state index contributed by atoms with van der Waals surface area (Å²) in [5, 5.41) is 3.05. The van der Waals surface area contributed by atoms with Gasteiger partial charge in [0.05, 0.1) is 10.2 Å². The van der Waals surface area contributed by atoms with E-state index in [4.69, 9.17) is 0 Å². The van der Waals surface area contributed by atoms with Crippen LogP contribution < -0.4 is 16.2 Å². The van der Waals surface area contributed by atoms with Gasteiger partial charge in [0.1, 0.15) is 5.01 Å². The molecule has 1 aromatic heterocycles. The predicted octanol–water partition coefficient (Wildman–Crippen LogP) is 1.27. The first kappa shape index (κ1) is 13.0. The van der Waals surface area contributed by atoms with E-state index in [1.165, 1.54) is 24.5 Å². The number of benzene rings is 1. The molecule has 19 heavy (non-hydrogen) atoms. The third-order valence-corrected chi connectivity index (χ3v) is 3.22. The van der Waals surface area contributed by atoms with E-state index in [2.05, 4.69) is 21.2 Å². The average molecular weight is 276 g/mol. The monoisotopic (exact) mass is 276 g/mol. The molecule has 2 aromatic rings. The molecule has 0 aliphatic carbocycles. The van der Waals surface area contributed by atoms with Gasteiger partial charge in [-0.3, -0.25) is 10.2 Å². The summed E-state index contributed by atoms with van der Waals surface area (Å²) in [6, 6.07) is 7.25. The van der Waals surface area contributed by atoms with Crippen molar-refractivity contribution in [3.8, 4) is 0 Å². The van der Waals surface area contributed by atoms with Crippen molar-refractivity contribution < 1.29 is 9.59 Å². The molecule has 0 saturated carbocycles. The number of para-hydroxylation sites is 1. The Morgan fingerprint density at radius 3 is 2.79 bits per heavy atom. The molecule has 3 amide bonds. The first-order valence-corrected chi connectivity index (χ1v) is 6.32. The van der Waals surface area contributed by atoms with Crippen LogP contribution in [0.15, 0.2) is 30.3 Å². The normalized spacial score (nSPS) is 10.6. The van der Waals surface area contributed by atoms with Crippen molar-refractivity contribution in [1.82, 2.24) is 21.2 Å². The quantitative estimate of drug-likeness (QED) is 0.570. The number of aromatic nitrogens is 1. The van der Waals surface area contributed by atoms with Crippen molar-refractivity contribution in [3.63, 3.8) is 0 Å². The number of amides is 3. The van der Waals surface area contributed by atoms with E-state index < -0.39 is 11.9 Å². The van der Waals surface area contributed by atoms with Gasteiger partial charge in [-0.15, -0.1) is 11.3 Å². The number of carbonyl (C=O) groups is 2. The lowest BCUT2D eigenvalue weighted by Gasteiger charge is -2.02. The highest BCUT2D eigenvalue weighted by Gasteiger charge is 2.01. The topological polar surface area (TPSA) is 83.1 Å². The number of fused-ring (bicyclic) bond motifs is 1. The molecular formula is C12H12N4O2S. The first-order valence-electron chi connectivity index (χ1n) is 5.50. The summed E-state index contributed by atoms with van der Waals surface area (Å²) in [5.74, 6) is -0.428. The van der Waals surface area contributed by atoms with E-state index in [0.717, 1.165) is 15.2 Å². The fourth-order valence-corrected chi connectivity index (χ4v) is 2.20. The van der Waals surface area contributed by atoms with Gasteiger partial charge in [-0.2, -0.15) is 0 Å². The van der Waals surface area contributed by atoms with Crippen LogP contribution in [-0.2, 0) is 4.79 Å². The van der Waals surface area contributed by atoms with Crippen LogP contribution in [0.2, 0.25) is 0 Å². The maximum absolute atomic E-state index is 11.4. The zero-order valence-corrected chi connectivity index (χ0v) is 11.0. The van der Waals surface area contributed by atoms with E-state index in [1.807, 2.05) is 24.3 Å². The number of hydrogen-bond donors (Lipinski definition) is 3. The number of hydrazine groups is 1. The van der Waals surface area contributed by atoms with Crippen LogP contribution in [0.25, 0.3) is 16.3 Å².